The highest BCUT2D eigenvalue weighted by Gasteiger charge is 2.27. The molecule has 102 valence electrons. The van der Waals surface area contributed by atoms with Crippen molar-refractivity contribution in [3.63, 3.8) is 0 Å². The first-order valence-electron chi connectivity index (χ1n) is 6.37. The van der Waals surface area contributed by atoms with E-state index < -0.39 is 0 Å². The van der Waals surface area contributed by atoms with Crippen LogP contribution in [0.15, 0.2) is 12.1 Å². The first-order chi connectivity index (χ1) is 8.48. The van der Waals surface area contributed by atoms with Crippen LogP contribution in [0.2, 0.25) is 0 Å². The SMILES string of the molecule is C#CC(=O)c1cc(C(C)(C)C)c(O)c(C(C)(C)C)c1. The Kier molecular flexibility index (Phi) is 3.82. The zero-order chi connectivity index (χ0) is 15.0. The average molecular weight is 258 g/mol. The molecule has 0 spiro atoms. The van der Waals surface area contributed by atoms with E-state index in [0.717, 1.165) is 11.1 Å². The molecule has 2 nitrogen and oxygen atoms in total. The van der Waals surface area contributed by atoms with Gasteiger partial charge in [-0.05, 0) is 28.9 Å². The number of phenolic OH excluding ortho intramolecular Hbond substituents is 1. The molecule has 1 N–H and O–H groups in total. The van der Waals surface area contributed by atoms with Gasteiger partial charge < -0.3 is 5.11 Å². The largest absolute Gasteiger partial charge is 0.507 e. The minimum atomic E-state index is -0.351. The van der Waals surface area contributed by atoms with Gasteiger partial charge in [0.25, 0.3) is 0 Å². The summed E-state index contributed by atoms with van der Waals surface area (Å²) in [6.07, 6.45) is 5.20. The summed E-state index contributed by atoms with van der Waals surface area (Å²) in [6, 6.07) is 3.40. The highest BCUT2D eigenvalue weighted by atomic mass is 16.3. The van der Waals surface area contributed by atoms with Crippen LogP contribution >= 0.6 is 0 Å². The highest BCUT2D eigenvalue weighted by molar-refractivity contribution is 6.09. The molecule has 0 bridgehead atoms. The van der Waals surface area contributed by atoms with E-state index in [1.807, 2.05) is 41.5 Å². The van der Waals surface area contributed by atoms with Crippen LogP contribution in [0.4, 0.5) is 0 Å². The Hall–Kier alpha value is -1.75. The predicted molar refractivity (Wildman–Crippen MR) is 78.7 cm³/mol. The first kappa shape index (κ1) is 15.3. The molecule has 0 aliphatic rings. The van der Waals surface area contributed by atoms with Crippen molar-refractivity contribution >= 4 is 5.78 Å². The molecule has 19 heavy (non-hydrogen) atoms. The molecule has 0 heterocycles. The van der Waals surface area contributed by atoms with Gasteiger partial charge >= 0.3 is 0 Å². The third kappa shape index (κ3) is 3.17. The summed E-state index contributed by atoms with van der Waals surface area (Å²) in [5.74, 6) is 2.04. The molecule has 0 radical (unpaired) electrons. The summed E-state index contributed by atoms with van der Waals surface area (Å²) >= 11 is 0. The first-order valence-corrected chi connectivity index (χ1v) is 6.37. The quantitative estimate of drug-likeness (QED) is 0.472. The summed E-state index contributed by atoms with van der Waals surface area (Å²) < 4.78 is 0. The molecule has 0 fully saturated rings. The second-order valence-electron chi connectivity index (χ2n) is 6.89. The van der Waals surface area contributed by atoms with Crippen molar-refractivity contribution in [2.24, 2.45) is 0 Å². The van der Waals surface area contributed by atoms with Gasteiger partial charge in [0.15, 0.2) is 0 Å². The number of Topliss-reactive ketones (excluding diaryl/α,β-unsaturated/α-hetero) is 1. The second kappa shape index (κ2) is 4.74. The van der Waals surface area contributed by atoms with Gasteiger partial charge in [0.2, 0.25) is 5.78 Å². The molecule has 2 heteroatoms. The Bertz CT molecular complexity index is 511. The Labute approximate surface area is 115 Å². The number of hydrogen-bond donors (Lipinski definition) is 1. The minimum Gasteiger partial charge on any atom is -0.507 e. The molecule has 0 aromatic heterocycles. The Morgan fingerprint density at radius 1 is 1.05 bits per heavy atom. The molecule has 1 aromatic rings. The third-order valence-corrected chi connectivity index (χ3v) is 3.12. The van der Waals surface area contributed by atoms with Crippen LogP contribution in [0.1, 0.15) is 63.0 Å². The maximum Gasteiger partial charge on any atom is 0.235 e. The van der Waals surface area contributed by atoms with E-state index >= 15 is 0 Å². The van der Waals surface area contributed by atoms with Crippen LogP contribution < -0.4 is 0 Å². The van der Waals surface area contributed by atoms with Crippen LogP contribution in [-0.4, -0.2) is 10.9 Å². The molecule has 0 unspecified atom stereocenters. The van der Waals surface area contributed by atoms with Gasteiger partial charge in [-0.1, -0.05) is 41.5 Å². The normalized spacial score (nSPS) is 12.1. The Morgan fingerprint density at radius 2 is 1.42 bits per heavy atom. The summed E-state index contributed by atoms with van der Waals surface area (Å²) in [4.78, 5) is 11.8. The maximum absolute atomic E-state index is 11.8. The fraction of sp³-hybridized carbons (Fsp3) is 0.471. The van der Waals surface area contributed by atoms with E-state index in [9.17, 15) is 9.90 Å². The molecular weight excluding hydrogens is 236 g/mol. The number of rotatable bonds is 1. The van der Waals surface area contributed by atoms with Gasteiger partial charge in [-0.3, -0.25) is 4.79 Å². The predicted octanol–water partition coefficient (Wildman–Crippen LogP) is 3.80. The van der Waals surface area contributed by atoms with Crippen molar-refractivity contribution in [1.82, 2.24) is 0 Å². The van der Waals surface area contributed by atoms with Crippen LogP contribution in [-0.2, 0) is 10.8 Å². The van der Waals surface area contributed by atoms with E-state index in [2.05, 4.69) is 5.92 Å². The number of ketones is 1. The van der Waals surface area contributed by atoms with Crippen molar-refractivity contribution in [1.29, 1.82) is 0 Å². The Balaban J connectivity index is 3.68. The van der Waals surface area contributed by atoms with Gasteiger partial charge in [0.1, 0.15) is 5.75 Å². The molecule has 1 aromatic carbocycles. The van der Waals surface area contributed by atoms with Gasteiger partial charge in [0, 0.05) is 16.7 Å². The molecule has 0 saturated heterocycles. The van der Waals surface area contributed by atoms with Crippen LogP contribution in [0.25, 0.3) is 0 Å². The zero-order valence-electron chi connectivity index (χ0n) is 12.6. The molecule has 0 amide bonds. The molecule has 0 atom stereocenters. The van der Waals surface area contributed by atoms with E-state index in [4.69, 9.17) is 6.42 Å². The number of aromatic hydroxyl groups is 1. The lowest BCUT2D eigenvalue weighted by Crippen LogP contribution is -2.18. The second-order valence-corrected chi connectivity index (χ2v) is 6.89. The van der Waals surface area contributed by atoms with Gasteiger partial charge in [-0.25, -0.2) is 0 Å². The van der Waals surface area contributed by atoms with Crippen molar-refractivity contribution < 1.29 is 9.90 Å². The highest BCUT2D eigenvalue weighted by Crippen LogP contribution is 2.39. The fourth-order valence-corrected chi connectivity index (χ4v) is 1.99. The van der Waals surface area contributed by atoms with Crippen molar-refractivity contribution in [2.45, 2.75) is 52.4 Å². The monoisotopic (exact) mass is 258 g/mol. The summed E-state index contributed by atoms with van der Waals surface area (Å²) in [7, 11) is 0. The fourth-order valence-electron chi connectivity index (χ4n) is 1.99. The smallest absolute Gasteiger partial charge is 0.235 e. The minimum absolute atomic E-state index is 0.255. The lowest BCUT2D eigenvalue weighted by molar-refractivity contribution is 0.105. The van der Waals surface area contributed by atoms with Crippen LogP contribution in [0, 0.1) is 12.3 Å². The topological polar surface area (TPSA) is 37.3 Å². The van der Waals surface area contributed by atoms with Crippen molar-refractivity contribution in [3.8, 4) is 18.1 Å². The molecular formula is C17H22O2. The molecule has 1 rings (SSSR count). The standard InChI is InChI=1S/C17H22O2/c1-8-14(18)11-9-12(16(2,3)4)15(19)13(10-11)17(5,6)7/h1,9-10,19H,2-7H3. The maximum atomic E-state index is 11.8. The van der Waals surface area contributed by atoms with Crippen molar-refractivity contribution in [2.75, 3.05) is 0 Å². The van der Waals surface area contributed by atoms with Crippen LogP contribution in [0.3, 0.4) is 0 Å². The average Bonchev–Trinajstić information content (AvgIpc) is 2.25. The summed E-state index contributed by atoms with van der Waals surface area (Å²) in [5, 5.41) is 10.5. The lowest BCUT2D eigenvalue weighted by atomic mass is 9.78. The summed E-state index contributed by atoms with van der Waals surface area (Å²) in [5.41, 5.74) is 1.46. The number of benzene rings is 1. The van der Waals surface area contributed by atoms with Gasteiger partial charge in [0.05, 0.1) is 0 Å². The van der Waals surface area contributed by atoms with Crippen LogP contribution in [0.5, 0.6) is 5.75 Å². The number of hydrogen-bond acceptors (Lipinski definition) is 2. The van der Waals surface area contributed by atoms with E-state index in [1.54, 1.807) is 12.1 Å². The van der Waals surface area contributed by atoms with Crippen molar-refractivity contribution in [3.05, 3.63) is 28.8 Å². The van der Waals surface area contributed by atoms with E-state index in [1.165, 1.54) is 0 Å². The molecule has 0 aliphatic carbocycles. The molecule has 0 saturated carbocycles. The number of carbonyl (C=O) groups is 1. The van der Waals surface area contributed by atoms with Gasteiger partial charge in [-0.15, -0.1) is 6.42 Å². The summed E-state index contributed by atoms with van der Waals surface area (Å²) in [6.45, 7) is 12.0. The third-order valence-electron chi connectivity index (χ3n) is 3.12. The number of carbonyl (C=O) groups excluding carboxylic acids is 1. The zero-order valence-corrected chi connectivity index (χ0v) is 12.6. The Morgan fingerprint density at radius 3 is 1.68 bits per heavy atom. The van der Waals surface area contributed by atoms with E-state index in [0.29, 0.717) is 5.56 Å². The molecule has 0 aliphatic heterocycles. The number of phenols is 1. The number of terminal acetylenes is 1. The van der Waals surface area contributed by atoms with Gasteiger partial charge in [-0.2, -0.15) is 0 Å². The van der Waals surface area contributed by atoms with E-state index in [-0.39, 0.29) is 22.4 Å². The lowest BCUT2D eigenvalue weighted by Gasteiger charge is -2.27.